The van der Waals surface area contributed by atoms with Crippen LogP contribution in [0.5, 0.6) is 0 Å². The molecule has 2 N–H and O–H groups in total. The topological polar surface area (TPSA) is 74.3 Å². The molecule has 3 rings (SSSR count). The van der Waals surface area contributed by atoms with Crippen LogP contribution in [0.4, 0.5) is 0 Å². The summed E-state index contributed by atoms with van der Waals surface area (Å²) in [5, 5.41) is 1.21. The molecule has 23 heavy (non-hydrogen) atoms. The summed E-state index contributed by atoms with van der Waals surface area (Å²) in [5.74, 6) is 0.613. The minimum atomic E-state index is -3.17. The van der Waals surface area contributed by atoms with Crippen LogP contribution in [0, 0.1) is 0 Å². The Bertz CT molecular complexity index is 837. The van der Waals surface area contributed by atoms with Gasteiger partial charge in [0.25, 0.3) is 0 Å². The lowest BCUT2D eigenvalue weighted by Gasteiger charge is -2.20. The number of aromatic nitrogens is 1. The molecule has 124 valence electrons. The number of aryl methyl sites for hydroxylation is 1. The predicted molar refractivity (Wildman–Crippen MR) is 94.8 cm³/mol. The molecule has 2 aromatic rings. The summed E-state index contributed by atoms with van der Waals surface area (Å²) in [6.07, 6.45) is 4.70. The van der Waals surface area contributed by atoms with Gasteiger partial charge in [0.2, 0.25) is 10.0 Å². The fourth-order valence-corrected chi connectivity index (χ4v) is 3.95. The minimum Gasteiger partial charge on any atom is -0.361 e. The molecule has 5 nitrogen and oxygen atoms in total. The maximum absolute atomic E-state index is 11.6. The molecule has 0 spiro atoms. The number of rotatable bonds is 5. The molecule has 6 heteroatoms. The van der Waals surface area contributed by atoms with E-state index in [1.165, 1.54) is 23.7 Å². The highest BCUT2D eigenvalue weighted by Gasteiger charge is 2.20. The van der Waals surface area contributed by atoms with Crippen molar-refractivity contribution in [1.29, 1.82) is 0 Å². The largest absolute Gasteiger partial charge is 0.361 e. The van der Waals surface area contributed by atoms with Crippen LogP contribution < -0.4 is 4.72 Å². The second kappa shape index (κ2) is 6.45. The van der Waals surface area contributed by atoms with E-state index < -0.39 is 10.0 Å². The zero-order chi connectivity index (χ0) is 16.4. The Morgan fingerprint density at radius 2 is 2.22 bits per heavy atom. The first-order chi connectivity index (χ1) is 11.0. The second-order valence-electron chi connectivity index (χ2n) is 6.20. The first-order valence-corrected chi connectivity index (χ1v) is 9.65. The van der Waals surface area contributed by atoms with Gasteiger partial charge in [-0.15, -0.1) is 0 Å². The average molecular weight is 333 g/mol. The van der Waals surface area contributed by atoms with Crippen molar-refractivity contribution < 1.29 is 8.42 Å². The number of nitrogens with one attached hydrogen (secondary N) is 2. The molecule has 1 aliphatic rings. The van der Waals surface area contributed by atoms with Gasteiger partial charge in [-0.2, -0.15) is 0 Å². The van der Waals surface area contributed by atoms with Crippen molar-refractivity contribution >= 4 is 26.6 Å². The SMILES string of the molecule is CNS(=O)(=O)CCc1ccc2[nH]cc(C3CCN=C(C)C3)c2c1. The smallest absolute Gasteiger partial charge is 0.211 e. The third kappa shape index (κ3) is 3.64. The predicted octanol–water partition coefficient (Wildman–Crippen LogP) is 2.60. The number of aromatic amines is 1. The van der Waals surface area contributed by atoms with E-state index in [1.807, 2.05) is 12.1 Å². The fourth-order valence-electron chi connectivity index (χ4n) is 3.24. The molecule has 0 bridgehead atoms. The van der Waals surface area contributed by atoms with Crippen molar-refractivity contribution in [2.45, 2.75) is 32.1 Å². The van der Waals surface area contributed by atoms with Crippen LogP contribution in [-0.2, 0) is 16.4 Å². The van der Waals surface area contributed by atoms with Gasteiger partial charge in [0.1, 0.15) is 0 Å². The number of aliphatic imine (C=N–C) groups is 1. The van der Waals surface area contributed by atoms with Crippen molar-refractivity contribution in [3.05, 3.63) is 35.5 Å². The molecule has 1 atom stereocenters. The van der Waals surface area contributed by atoms with Crippen molar-refractivity contribution in [3.63, 3.8) is 0 Å². The first kappa shape index (κ1) is 16.2. The number of H-pyrrole nitrogens is 1. The van der Waals surface area contributed by atoms with E-state index in [-0.39, 0.29) is 5.75 Å². The molecule has 0 aliphatic carbocycles. The summed E-state index contributed by atoms with van der Waals surface area (Å²) in [7, 11) is -1.71. The van der Waals surface area contributed by atoms with Gasteiger partial charge >= 0.3 is 0 Å². The van der Waals surface area contributed by atoms with Crippen LogP contribution in [0.25, 0.3) is 10.9 Å². The zero-order valence-electron chi connectivity index (χ0n) is 13.6. The standard InChI is InChI=1S/C17H23N3O2S/c1-12-9-14(5-7-19-12)16-11-20-17-4-3-13(10-15(16)17)6-8-23(21,22)18-2/h3-4,10-11,14,18,20H,5-9H2,1-2H3. The van der Waals surface area contributed by atoms with Crippen LogP contribution >= 0.6 is 0 Å². The van der Waals surface area contributed by atoms with E-state index >= 15 is 0 Å². The van der Waals surface area contributed by atoms with E-state index in [0.29, 0.717) is 12.3 Å². The van der Waals surface area contributed by atoms with Crippen LogP contribution in [0.2, 0.25) is 0 Å². The lowest BCUT2D eigenvalue weighted by molar-refractivity contribution is 0.587. The van der Waals surface area contributed by atoms with Crippen LogP contribution in [0.3, 0.4) is 0 Å². The Kier molecular flexibility index (Phi) is 4.55. The van der Waals surface area contributed by atoms with E-state index in [9.17, 15) is 8.42 Å². The maximum atomic E-state index is 11.6. The molecule has 1 aromatic carbocycles. The molecule has 1 unspecified atom stereocenters. The normalized spacial score (nSPS) is 19.0. The van der Waals surface area contributed by atoms with Gasteiger partial charge in [-0.05, 0) is 62.4 Å². The van der Waals surface area contributed by atoms with E-state index in [2.05, 4.69) is 33.9 Å². The van der Waals surface area contributed by atoms with Crippen LogP contribution in [0.1, 0.15) is 36.8 Å². The van der Waals surface area contributed by atoms with Crippen LogP contribution in [0.15, 0.2) is 29.4 Å². The van der Waals surface area contributed by atoms with Crippen molar-refractivity contribution in [2.24, 2.45) is 4.99 Å². The molecule has 0 radical (unpaired) electrons. The minimum absolute atomic E-state index is 0.115. The molecule has 0 saturated carbocycles. The molecule has 1 aromatic heterocycles. The summed E-state index contributed by atoms with van der Waals surface area (Å²) in [5.41, 5.74) is 4.71. The van der Waals surface area contributed by atoms with Gasteiger partial charge in [-0.3, -0.25) is 4.99 Å². The lowest BCUT2D eigenvalue weighted by atomic mass is 9.88. The second-order valence-corrected chi connectivity index (χ2v) is 8.25. The molecular weight excluding hydrogens is 310 g/mol. The number of benzene rings is 1. The van der Waals surface area contributed by atoms with E-state index in [1.54, 1.807) is 0 Å². The highest BCUT2D eigenvalue weighted by atomic mass is 32.2. The van der Waals surface area contributed by atoms with E-state index in [4.69, 9.17) is 0 Å². The van der Waals surface area contributed by atoms with E-state index in [0.717, 1.165) is 30.5 Å². The summed E-state index contributed by atoms with van der Waals surface area (Å²) in [6.45, 7) is 2.98. The van der Waals surface area contributed by atoms with Crippen molar-refractivity contribution in [1.82, 2.24) is 9.71 Å². The summed E-state index contributed by atoms with van der Waals surface area (Å²) in [4.78, 5) is 7.83. The monoisotopic (exact) mass is 333 g/mol. The maximum Gasteiger partial charge on any atom is 0.211 e. The average Bonchev–Trinajstić information content (AvgIpc) is 2.96. The third-order valence-electron chi connectivity index (χ3n) is 4.59. The Morgan fingerprint density at radius 1 is 1.39 bits per heavy atom. The Morgan fingerprint density at radius 3 is 2.96 bits per heavy atom. The third-order valence-corrected chi connectivity index (χ3v) is 5.95. The summed E-state index contributed by atoms with van der Waals surface area (Å²) < 4.78 is 25.6. The van der Waals surface area contributed by atoms with Crippen molar-refractivity contribution in [3.8, 4) is 0 Å². The summed E-state index contributed by atoms with van der Waals surface area (Å²) in [6, 6.07) is 6.18. The Labute approximate surface area is 137 Å². The number of nitrogens with zero attached hydrogens (tertiary/aromatic N) is 1. The molecular formula is C17H23N3O2S. The molecule has 0 fully saturated rings. The van der Waals surface area contributed by atoms with Gasteiger partial charge in [0.15, 0.2) is 0 Å². The van der Waals surface area contributed by atoms with Gasteiger partial charge in [-0.25, -0.2) is 13.1 Å². The molecule has 2 heterocycles. The Hall–Kier alpha value is -1.66. The number of fused-ring (bicyclic) bond motifs is 1. The fraction of sp³-hybridized carbons (Fsp3) is 0.471. The summed E-state index contributed by atoms with van der Waals surface area (Å²) >= 11 is 0. The molecule has 1 aliphatic heterocycles. The van der Waals surface area contributed by atoms with Gasteiger partial charge < -0.3 is 4.98 Å². The lowest BCUT2D eigenvalue weighted by Crippen LogP contribution is -2.23. The van der Waals surface area contributed by atoms with Crippen LogP contribution in [-0.4, -0.2) is 38.5 Å². The van der Waals surface area contributed by atoms with Crippen molar-refractivity contribution in [2.75, 3.05) is 19.3 Å². The molecule has 0 amide bonds. The van der Waals surface area contributed by atoms with Gasteiger partial charge in [0.05, 0.1) is 5.75 Å². The van der Waals surface area contributed by atoms with Gasteiger partial charge in [-0.1, -0.05) is 6.07 Å². The number of sulfonamides is 1. The van der Waals surface area contributed by atoms with Gasteiger partial charge in [0, 0.05) is 29.4 Å². The highest BCUT2D eigenvalue weighted by molar-refractivity contribution is 7.89. The first-order valence-electron chi connectivity index (χ1n) is 7.99. The quantitative estimate of drug-likeness (QED) is 0.882. The number of hydrogen-bond acceptors (Lipinski definition) is 3. The molecule has 0 saturated heterocycles. The zero-order valence-corrected chi connectivity index (χ0v) is 14.4. The number of hydrogen-bond donors (Lipinski definition) is 2. The Balaban J connectivity index is 1.87. The highest BCUT2D eigenvalue weighted by Crippen LogP contribution is 2.33.